The number of amides is 1. The Morgan fingerprint density at radius 2 is 2.00 bits per heavy atom. The van der Waals surface area contributed by atoms with E-state index in [-0.39, 0.29) is 18.1 Å². The third kappa shape index (κ3) is 3.64. The van der Waals surface area contributed by atoms with Gasteiger partial charge in [0.25, 0.3) is 5.91 Å². The number of hydrogen-bond acceptors (Lipinski definition) is 4. The molecular weight excluding hydrogens is 373 g/mol. The van der Waals surface area contributed by atoms with Crippen LogP contribution < -0.4 is 10.7 Å². The molecule has 0 unspecified atom stereocenters. The van der Waals surface area contributed by atoms with Crippen LogP contribution in [-0.2, 0) is 13.6 Å². The quantitative estimate of drug-likeness (QED) is 0.580. The molecule has 0 radical (unpaired) electrons. The van der Waals surface area contributed by atoms with Crippen LogP contribution in [0.3, 0.4) is 0 Å². The average Bonchev–Trinajstić information content (AvgIpc) is 3.13. The highest BCUT2D eigenvalue weighted by Gasteiger charge is 2.17. The molecule has 1 N–H and O–H groups in total. The van der Waals surface area contributed by atoms with Crippen molar-refractivity contribution in [1.82, 2.24) is 19.6 Å². The number of halogens is 1. The zero-order valence-corrected chi connectivity index (χ0v) is 15.9. The Morgan fingerprint density at radius 3 is 2.79 bits per heavy atom. The Bertz CT molecular complexity index is 1290. The molecule has 2 heterocycles. The molecule has 4 aromatic rings. The molecule has 2 aromatic carbocycles. The fourth-order valence-corrected chi connectivity index (χ4v) is 3.15. The molecule has 1 amide bonds. The first-order valence-electron chi connectivity index (χ1n) is 8.97. The van der Waals surface area contributed by atoms with E-state index in [0.717, 1.165) is 5.56 Å². The maximum atomic E-state index is 13.8. The fraction of sp³-hybridized carbons (Fsp3) is 0.143. The largest absolute Gasteiger partial charge is 0.318 e. The molecule has 146 valence electrons. The molecule has 2 aromatic heterocycles. The van der Waals surface area contributed by atoms with Gasteiger partial charge in [-0.05, 0) is 25.1 Å². The lowest BCUT2D eigenvalue weighted by molar-refractivity contribution is 0.101. The van der Waals surface area contributed by atoms with E-state index in [9.17, 15) is 14.0 Å². The van der Waals surface area contributed by atoms with Crippen LogP contribution >= 0.6 is 0 Å². The Hall–Kier alpha value is -3.81. The van der Waals surface area contributed by atoms with Crippen LogP contribution in [0.15, 0.2) is 59.7 Å². The van der Waals surface area contributed by atoms with Crippen molar-refractivity contribution < 1.29 is 9.18 Å². The number of carbonyl (C=O) groups excluding carboxylic acids is 1. The summed E-state index contributed by atoms with van der Waals surface area (Å²) in [5.74, 6) is -0.952. The van der Waals surface area contributed by atoms with Crippen molar-refractivity contribution in [1.29, 1.82) is 0 Å². The number of nitrogens with one attached hydrogen (secondary N) is 1. The monoisotopic (exact) mass is 391 g/mol. The summed E-state index contributed by atoms with van der Waals surface area (Å²) in [5, 5.41) is 11.3. The first-order valence-corrected chi connectivity index (χ1v) is 8.97. The minimum absolute atomic E-state index is 0.201. The van der Waals surface area contributed by atoms with Gasteiger partial charge in [0, 0.05) is 18.8 Å². The van der Waals surface area contributed by atoms with Crippen LogP contribution in [0.1, 0.15) is 21.6 Å². The van der Waals surface area contributed by atoms with Gasteiger partial charge in [-0.25, -0.2) is 4.39 Å². The van der Waals surface area contributed by atoms with Gasteiger partial charge in [0.05, 0.1) is 29.3 Å². The van der Waals surface area contributed by atoms with Crippen molar-refractivity contribution in [3.05, 3.63) is 87.7 Å². The third-order valence-corrected chi connectivity index (χ3v) is 4.61. The van der Waals surface area contributed by atoms with E-state index in [1.54, 1.807) is 43.6 Å². The van der Waals surface area contributed by atoms with Crippen LogP contribution in [0.5, 0.6) is 0 Å². The Balaban J connectivity index is 1.59. The minimum atomic E-state index is -0.626. The molecule has 7 nitrogen and oxygen atoms in total. The highest BCUT2D eigenvalue weighted by atomic mass is 19.1. The molecule has 0 aliphatic heterocycles. The van der Waals surface area contributed by atoms with Crippen molar-refractivity contribution in [3.63, 3.8) is 0 Å². The molecule has 0 aliphatic carbocycles. The number of benzene rings is 2. The van der Waals surface area contributed by atoms with Crippen LogP contribution in [0, 0.1) is 12.7 Å². The van der Waals surface area contributed by atoms with E-state index < -0.39 is 11.3 Å². The van der Waals surface area contributed by atoms with E-state index in [2.05, 4.69) is 15.5 Å². The number of hydrogen-bond donors (Lipinski definition) is 1. The lowest BCUT2D eigenvalue weighted by Crippen LogP contribution is -2.26. The molecule has 0 saturated carbocycles. The van der Waals surface area contributed by atoms with E-state index in [1.807, 2.05) is 13.0 Å². The molecule has 4 rings (SSSR count). The summed E-state index contributed by atoms with van der Waals surface area (Å²) in [7, 11) is 1.68. The normalized spacial score (nSPS) is 11.0. The van der Waals surface area contributed by atoms with Gasteiger partial charge in [0.15, 0.2) is 5.69 Å². The van der Waals surface area contributed by atoms with Gasteiger partial charge < -0.3 is 5.32 Å². The second kappa shape index (κ2) is 7.31. The van der Waals surface area contributed by atoms with Crippen molar-refractivity contribution in [2.75, 3.05) is 5.32 Å². The van der Waals surface area contributed by atoms with Gasteiger partial charge in [-0.2, -0.15) is 10.2 Å². The van der Waals surface area contributed by atoms with Crippen molar-refractivity contribution in [2.45, 2.75) is 13.5 Å². The van der Waals surface area contributed by atoms with Crippen molar-refractivity contribution in [3.8, 4) is 0 Å². The summed E-state index contributed by atoms with van der Waals surface area (Å²) in [6.45, 7) is 2.10. The van der Waals surface area contributed by atoms with E-state index >= 15 is 0 Å². The summed E-state index contributed by atoms with van der Waals surface area (Å²) in [4.78, 5) is 25.4. The summed E-state index contributed by atoms with van der Waals surface area (Å²) < 4.78 is 16.8. The molecule has 0 saturated heterocycles. The lowest BCUT2D eigenvalue weighted by Gasteiger charge is -2.08. The molecule has 8 heteroatoms. The zero-order valence-electron chi connectivity index (χ0n) is 15.9. The fourth-order valence-electron chi connectivity index (χ4n) is 3.15. The van der Waals surface area contributed by atoms with Gasteiger partial charge in [-0.1, -0.05) is 29.8 Å². The first-order chi connectivity index (χ1) is 13.9. The predicted octanol–water partition coefficient (Wildman–Crippen LogP) is 2.88. The molecule has 0 aliphatic rings. The number of fused-ring (bicyclic) bond motifs is 1. The summed E-state index contributed by atoms with van der Waals surface area (Å²) in [5.41, 5.74) is 1.80. The summed E-state index contributed by atoms with van der Waals surface area (Å²) in [6.07, 6.45) is 3.01. The van der Waals surface area contributed by atoms with Gasteiger partial charge in [0.2, 0.25) is 5.43 Å². The average molecular weight is 391 g/mol. The Labute approximate surface area is 165 Å². The second-order valence-electron chi connectivity index (χ2n) is 6.79. The van der Waals surface area contributed by atoms with Crippen molar-refractivity contribution >= 4 is 22.5 Å². The number of aryl methyl sites for hydroxylation is 2. The predicted molar refractivity (Wildman–Crippen MR) is 107 cm³/mol. The standard InChI is InChI=1S/C21H18FN5O2/c1-13-7-8-18-16(9-13)20(28)19(25-26(18)2)21(29)24-15-10-23-27(12-15)11-14-5-3-4-6-17(14)22/h3-10,12H,11H2,1-2H3,(H,24,29). The SMILES string of the molecule is Cc1ccc2c(c1)c(=O)c(C(=O)Nc1cnn(Cc3ccccc3F)c1)nn2C. The number of nitrogens with zero attached hydrogens (tertiary/aromatic N) is 4. The molecule has 0 fully saturated rings. The zero-order chi connectivity index (χ0) is 20.5. The number of aromatic nitrogens is 4. The van der Waals surface area contributed by atoms with Crippen LogP contribution in [0.4, 0.5) is 10.1 Å². The van der Waals surface area contributed by atoms with Crippen LogP contribution in [0.25, 0.3) is 10.9 Å². The summed E-state index contributed by atoms with van der Waals surface area (Å²) >= 11 is 0. The van der Waals surface area contributed by atoms with E-state index in [4.69, 9.17) is 0 Å². The topological polar surface area (TPSA) is 81.8 Å². The van der Waals surface area contributed by atoms with Crippen molar-refractivity contribution in [2.24, 2.45) is 7.05 Å². The maximum Gasteiger partial charge on any atom is 0.280 e. The molecule has 0 spiro atoms. The minimum Gasteiger partial charge on any atom is -0.318 e. The van der Waals surface area contributed by atoms with Gasteiger partial charge in [0.1, 0.15) is 5.82 Å². The maximum absolute atomic E-state index is 13.8. The molecule has 0 bridgehead atoms. The molecular formula is C21H18FN5O2. The lowest BCUT2D eigenvalue weighted by atomic mass is 10.1. The smallest absolute Gasteiger partial charge is 0.280 e. The Morgan fingerprint density at radius 1 is 1.21 bits per heavy atom. The first kappa shape index (κ1) is 18.5. The number of anilines is 1. The van der Waals surface area contributed by atoms with Gasteiger partial charge >= 0.3 is 0 Å². The summed E-state index contributed by atoms with van der Waals surface area (Å²) in [6, 6.07) is 11.8. The van der Waals surface area contributed by atoms with E-state index in [0.29, 0.717) is 22.2 Å². The van der Waals surface area contributed by atoms with E-state index in [1.165, 1.54) is 21.6 Å². The third-order valence-electron chi connectivity index (χ3n) is 4.61. The van der Waals surface area contributed by atoms with Gasteiger partial charge in [-0.3, -0.25) is 19.0 Å². The highest BCUT2D eigenvalue weighted by Crippen LogP contribution is 2.14. The second-order valence-corrected chi connectivity index (χ2v) is 6.79. The number of rotatable bonds is 4. The molecule has 29 heavy (non-hydrogen) atoms. The Kier molecular flexibility index (Phi) is 4.67. The van der Waals surface area contributed by atoms with Crippen LogP contribution in [-0.4, -0.2) is 25.5 Å². The molecule has 0 atom stereocenters. The van der Waals surface area contributed by atoms with Gasteiger partial charge in [-0.15, -0.1) is 0 Å². The van der Waals surface area contributed by atoms with Crippen LogP contribution in [0.2, 0.25) is 0 Å². The number of carbonyl (C=O) groups is 1. The highest BCUT2D eigenvalue weighted by molar-refractivity contribution is 6.04.